The van der Waals surface area contributed by atoms with Crippen LogP contribution in [0.2, 0.25) is 0 Å². The Hall–Kier alpha value is -2.09. The molecule has 3 heterocycles. The largest absolute Gasteiger partial charge is 0.419 e. The maximum atomic E-state index is 13.3. The van der Waals surface area contributed by atoms with Crippen molar-refractivity contribution in [2.45, 2.75) is 63.7 Å². The topological polar surface area (TPSA) is 60.0 Å². The van der Waals surface area contributed by atoms with Gasteiger partial charge in [0.1, 0.15) is 5.82 Å². The van der Waals surface area contributed by atoms with Crippen LogP contribution < -0.4 is 5.73 Å². The Bertz CT molecular complexity index is 978. The highest BCUT2D eigenvalue weighted by molar-refractivity contribution is 5.63. The van der Waals surface area contributed by atoms with E-state index in [1.54, 1.807) is 0 Å². The molecule has 0 bridgehead atoms. The van der Waals surface area contributed by atoms with Gasteiger partial charge in [0.25, 0.3) is 0 Å². The number of hydrogen-bond donors (Lipinski definition) is 1. The van der Waals surface area contributed by atoms with E-state index in [9.17, 15) is 13.2 Å². The number of aromatic nitrogens is 3. The lowest BCUT2D eigenvalue weighted by atomic mass is 9.39. The van der Waals surface area contributed by atoms with Crippen molar-refractivity contribution >= 4 is 5.82 Å². The molecule has 1 saturated heterocycles. The molecule has 4 atom stereocenters. The van der Waals surface area contributed by atoms with Gasteiger partial charge in [-0.3, -0.25) is 9.58 Å². The average molecular weight is 419 g/mol. The highest BCUT2D eigenvalue weighted by Gasteiger charge is 2.67. The minimum absolute atomic E-state index is 0.0872. The summed E-state index contributed by atoms with van der Waals surface area (Å²) in [5.41, 5.74) is 6.72. The number of likely N-dealkylation sites (tertiary alicyclic amines) is 1. The summed E-state index contributed by atoms with van der Waals surface area (Å²) in [6.45, 7) is 8.83. The predicted octanol–water partition coefficient (Wildman–Crippen LogP) is 4.50. The fourth-order valence-corrected chi connectivity index (χ4v) is 5.91. The summed E-state index contributed by atoms with van der Waals surface area (Å²) in [5.74, 6) is 0.667. The number of nitrogens with two attached hydrogens (primary N) is 1. The summed E-state index contributed by atoms with van der Waals surface area (Å²) in [6.07, 6.45) is 0.461. The molecule has 0 radical (unpaired) electrons. The van der Waals surface area contributed by atoms with E-state index in [1.165, 1.54) is 37.8 Å². The summed E-state index contributed by atoms with van der Waals surface area (Å²) < 4.78 is 42.0. The van der Waals surface area contributed by atoms with Gasteiger partial charge in [-0.05, 0) is 70.2 Å². The lowest BCUT2D eigenvalue weighted by Crippen LogP contribution is -2.72. The van der Waals surface area contributed by atoms with Crippen molar-refractivity contribution in [1.29, 1.82) is 0 Å². The van der Waals surface area contributed by atoms with Crippen LogP contribution in [0.25, 0.3) is 11.3 Å². The van der Waals surface area contributed by atoms with E-state index in [1.807, 2.05) is 10.7 Å². The van der Waals surface area contributed by atoms with E-state index in [0.717, 1.165) is 12.5 Å². The van der Waals surface area contributed by atoms with Gasteiger partial charge in [-0.15, -0.1) is 0 Å². The monoisotopic (exact) mass is 419 g/mol. The minimum Gasteiger partial charge on any atom is -0.383 e. The van der Waals surface area contributed by atoms with Crippen LogP contribution in [0.4, 0.5) is 19.0 Å². The van der Waals surface area contributed by atoms with Crippen molar-refractivity contribution in [3.05, 3.63) is 29.6 Å². The van der Waals surface area contributed by atoms with Crippen molar-refractivity contribution in [2.75, 3.05) is 18.8 Å². The van der Waals surface area contributed by atoms with Gasteiger partial charge < -0.3 is 5.73 Å². The smallest absolute Gasteiger partial charge is 0.383 e. The molecule has 162 valence electrons. The first-order valence-electron chi connectivity index (χ1n) is 10.8. The maximum absolute atomic E-state index is 13.3. The molecule has 2 aromatic heterocycles. The van der Waals surface area contributed by atoms with Crippen molar-refractivity contribution in [3.63, 3.8) is 0 Å². The van der Waals surface area contributed by atoms with Crippen LogP contribution in [0.15, 0.2) is 18.3 Å². The summed E-state index contributed by atoms with van der Waals surface area (Å²) in [7, 11) is 0. The number of nitrogen functional groups attached to an aromatic ring is 1. The van der Waals surface area contributed by atoms with E-state index in [4.69, 9.17) is 10.8 Å². The molecule has 5 rings (SSSR count). The fraction of sp³-hybridized carbons (Fsp3) is 0.636. The zero-order valence-corrected chi connectivity index (χ0v) is 17.6. The first kappa shape index (κ1) is 19.8. The van der Waals surface area contributed by atoms with E-state index >= 15 is 0 Å². The standard InChI is InChI=1S/C22H28F3N5/c1-12(2)30-19(21-10-18(29-5-4-6-29)15(21)7-13(21)3)9-17(28-30)14-8-16(22(23,24)25)20(26)27-11-14/h8-9,11-13,15,18H,4-7,10H2,1-3H3,(H2,26,27)/t13?,15?,18-,21-/m0/s1. The zero-order chi connectivity index (χ0) is 21.4. The number of anilines is 1. The molecule has 2 aliphatic carbocycles. The Morgan fingerprint density at radius 1 is 1.23 bits per heavy atom. The molecule has 2 aromatic rings. The van der Waals surface area contributed by atoms with Gasteiger partial charge in [-0.2, -0.15) is 18.3 Å². The first-order valence-corrected chi connectivity index (χ1v) is 10.8. The Morgan fingerprint density at radius 2 is 1.97 bits per heavy atom. The van der Waals surface area contributed by atoms with E-state index < -0.39 is 17.6 Å². The maximum Gasteiger partial charge on any atom is 0.419 e. The molecule has 30 heavy (non-hydrogen) atoms. The van der Waals surface area contributed by atoms with Crippen LogP contribution in [-0.2, 0) is 11.6 Å². The minimum atomic E-state index is -4.54. The van der Waals surface area contributed by atoms with Crippen molar-refractivity contribution in [2.24, 2.45) is 11.8 Å². The number of pyridine rings is 1. The van der Waals surface area contributed by atoms with Crippen LogP contribution in [0.5, 0.6) is 0 Å². The van der Waals surface area contributed by atoms with Gasteiger partial charge in [0, 0.05) is 35.0 Å². The van der Waals surface area contributed by atoms with Crippen molar-refractivity contribution < 1.29 is 13.2 Å². The SMILES string of the molecule is CC(C)n1nc(-c2cnc(N)c(C(F)(F)F)c2)cc1[C@]12C[C@H](N3CCC3)C1CC2C. The summed E-state index contributed by atoms with van der Waals surface area (Å²) in [6, 6.07) is 3.84. The molecular weight excluding hydrogens is 391 g/mol. The highest BCUT2D eigenvalue weighted by atomic mass is 19.4. The lowest BCUT2D eigenvalue weighted by Gasteiger charge is -2.70. The van der Waals surface area contributed by atoms with Crippen LogP contribution >= 0.6 is 0 Å². The van der Waals surface area contributed by atoms with Gasteiger partial charge >= 0.3 is 6.18 Å². The van der Waals surface area contributed by atoms with E-state index in [0.29, 0.717) is 29.1 Å². The quantitative estimate of drug-likeness (QED) is 0.793. The molecule has 2 unspecified atom stereocenters. The van der Waals surface area contributed by atoms with Crippen molar-refractivity contribution in [1.82, 2.24) is 19.7 Å². The summed E-state index contributed by atoms with van der Waals surface area (Å²) >= 11 is 0. The number of rotatable bonds is 4. The lowest BCUT2D eigenvalue weighted by molar-refractivity contribution is -0.153. The van der Waals surface area contributed by atoms with Gasteiger partial charge in [-0.1, -0.05) is 6.92 Å². The molecule has 8 heteroatoms. The molecule has 5 nitrogen and oxygen atoms in total. The molecule has 2 N–H and O–H groups in total. The number of hydrogen-bond acceptors (Lipinski definition) is 4. The summed E-state index contributed by atoms with van der Waals surface area (Å²) in [4.78, 5) is 6.39. The molecule has 3 fully saturated rings. The highest BCUT2D eigenvalue weighted by Crippen LogP contribution is 2.67. The van der Waals surface area contributed by atoms with Gasteiger partial charge in [-0.25, -0.2) is 4.98 Å². The first-order chi connectivity index (χ1) is 14.1. The number of halogens is 3. The molecule has 0 aromatic carbocycles. The second-order valence-electron chi connectivity index (χ2n) is 9.55. The Balaban J connectivity index is 1.54. The van der Waals surface area contributed by atoms with Crippen LogP contribution in [0.1, 0.15) is 57.3 Å². The Kier molecular flexibility index (Phi) is 4.27. The van der Waals surface area contributed by atoms with Crippen LogP contribution in [-0.4, -0.2) is 38.8 Å². The second-order valence-corrected chi connectivity index (χ2v) is 9.55. The molecule has 1 aliphatic heterocycles. The van der Waals surface area contributed by atoms with Crippen molar-refractivity contribution in [3.8, 4) is 11.3 Å². The van der Waals surface area contributed by atoms with Crippen LogP contribution in [0.3, 0.4) is 0 Å². The Morgan fingerprint density at radius 3 is 2.50 bits per heavy atom. The van der Waals surface area contributed by atoms with E-state index in [2.05, 4.69) is 30.7 Å². The predicted molar refractivity (Wildman–Crippen MR) is 109 cm³/mol. The summed E-state index contributed by atoms with van der Waals surface area (Å²) in [5, 5.41) is 4.74. The van der Waals surface area contributed by atoms with Crippen LogP contribution in [0, 0.1) is 11.8 Å². The molecule has 0 spiro atoms. The molecular formula is C22H28F3N5. The number of alkyl halides is 3. The second kappa shape index (κ2) is 6.45. The number of fused-ring (bicyclic) bond motifs is 1. The number of nitrogens with zero attached hydrogens (tertiary/aromatic N) is 4. The Labute approximate surface area is 174 Å². The van der Waals surface area contributed by atoms with Gasteiger partial charge in [0.15, 0.2) is 0 Å². The third kappa shape index (κ3) is 2.65. The molecule has 2 saturated carbocycles. The molecule has 3 aliphatic rings. The third-order valence-corrected chi connectivity index (χ3v) is 7.74. The third-order valence-electron chi connectivity index (χ3n) is 7.74. The van der Waals surface area contributed by atoms with E-state index in [-0.39, 0.29) is 11.5 Å². The molecule has 0 amide bonds. The van der Waals surface area contributed by atoms with Gasteiger partial charge in [0.2, 0.25) is 0 Å². The zero-order valence-electron chi connectivity index (χ0n) is 17.6. The van der Waals surface area contributed by atoms with Gasteiger partial charge in [0.05, 0.1) is 11.3 Å². The fourth-order valence-electron chi connectivity index (χ4n) is 5.91. The normalized spacial score (nSPS) is 31.1. The average Bonchev–Trinajstić information content (AvgIpc) is 3.05.